The van der Waals surface area contributed by atoms with E-state index < -0.39 is 30.0 Å². The number of hydrogen-bond acceptors (Lipinski definition) is 6. The van der Waals surface area contributed by atoms with Gasteiger partial charge in [0.1, 0.15) is 0 Å². The predicted molar refractivity (Wildman–Crippen MR) is 86.1 cm³/mol. The molecule has 1 aromatic rings. The molecule has 0 spiro atoms. The number of amides is 1. The van der Waals surface area contributed by atoms with Crippen LogP contribution in [0.15, 0.2) is 30.3 Å². The maximum absolute atomic E-state index is 12.3. The van der Waals surface area contributed by atoms with E-state index in [0.29, 0.717) is 5.56 Å². The highest BCUT2D eigenvalue weighted by molar-refractivity contribution is 5.96. The first-order valence-electron chi connectivity index (χ1n) is 7.86. The Labute approximate surface area is 141 Å². The summed E-state index contributed by atoms with van der Waals surface area (Å²) in [6.07, 6.45) is -0.732. The molecule has 0 aliphatic rings. The van der Waals surface area contributed by atoms with E-state index in [1.165, 1.54) is 0 Å². The number of carbonyl (C=O) groups is 3. The van der Waals surface area contributed by atoms with Crippen LogP contribution < -0.4 is 5.32 Å². The molecule has 0 heterocycles. The number of esters is 2. The van der Waals surface area contributed by atoms with E-state index in [-0.39, 0.29) is 19.8 Å². The van der Waals surface area contributed by atoms with Crippen molar-refractivity contribution in [3.05, 3.63) is 35.9 Å². The Hall–Kier alpha value is -2.57. The lowest BCUT2D eigenvalue weighted by molar-refractivity contribution is -0.163. The number of ether oxygens (including phenoxy) is 3. The van der Waals surface area contributed by atoms with Gasteiger partial charge >= 0.3 is 18.0 Å². The molecule has 24 heavy (non-hydrogen) atoms. The van der Waals surface area contributed by atoms with Crippen LogP contribution in [-0.2, 0) is 23.8 Å². The zero-order valence-corrected chi connectivity index (χ0v) is 14.1. The molecular formula is C17H23NO6. The van der Waals surface area contributed by atoms with E-state index in [9.17, 15) is 14.4 Å². The quantitative estimate of drug-likeness (QED) is 0.444. The summed E-state index contributed by atoms with van der Waals surface area (Å²) in [6.45, 7) is 5.31. The monoisotopic (exact) mass is 337 g/mol. The van der Waals surface area contributed by atoms with Crippen LogP contribution in [0.2, 0.25) is 0 Å². The summed E-state index contributed by atoms with van der Waals surface area (Å²) in [4.78, 5) is 36.5. The molecular weight excluding hydrogens is 314 g/mol. The molecule has 7 heteroatoms. The topological polar surface area (TPSA) is 90.9 Å². The molecule has 1 aromatic carbocycles. The van der Waals surface area contributed by atoms with E-state index in [2.05, 4.69) is 5.32 Å². The molecule has 1 unspecified atom stereocenters. The first-order valence-corrected chi connectivity index (χ1v) is 7.86. The van der Waals surface area contributed by atoms with E-state index >= 15 is 0 Å². The van der Waals surface area contributed by atoms with Gasteiger partial charge in [-0.15, -0.1) is 0 Å². The van der Waals surface area contributed by atoms with Gasteiger partial charge in [0, 0.05) is 0 Å². The lowest BCUT2D eigenvalue weighted by atomic mass is 9.93. The smallest absolute Gasteiger partial charge is 0.407 e. The van der Waals surface area contributed by atoms with Crippen molar-refractivity contribution in [3.63, 3.8) is 0 Å². The third kappa shape index (κ3) is 5.57. The number of alkyl carbamates (subject to hydrolysis) is 1. The number of rotatable bonds is 8. The number of hydrogen-bond donors (Lipinski definition) is 1. The number of benzene rings is 1. The Balaban J connectivity index is 3.20. The molecule has 0 aliphatic heterocycles. The Morgan fingerprint density at radius 3 is 1.83 bits per heavy atom. The van der Waals surface area contributed by atoms with Crippen LogP contribution in [0.3, 0.4) is 0 Å². The van der Waals surface area contributed by atoms with Gasteiger partial charge in [0.05, 0.1) is 25.9 Å². The summed E-state index contributed by atoms with van der Waals surface area (Å²) >= 11 is 0. The van der Waals surface area contributed by atoms with Crippen LogP contribution in [0.25, 0.3) is 0 Å². The average molecular weight is 337 g/mol. The molecule has 0 bridgehead atoms. The molecule has 0 radical (unpaired) electrons. The highest BCUT2D eigenvalue weighted by Gasteiger charge is 2.39. The van der Waals surface area contributed by atoms with Crippen molar-refractivity contribution < 1.29 is 28.6 Å². The van der Waals surface area contributed by atoms with Gasteiger partial charge in [-0.05, 0) is 26.3 Å². The molecule has 0 fully saturated rings. The van der Waals surface area contributed by atoms with Crippen molar-refractivity contribution in [1.29, 1.82) is 0 Å². The molecule has 7 nitrogen and oxygen atoms in total. The SMILES string of the molecule is CCOC(=O)NC(c1ccccc1)C(C(=O)OCC)C(=O)OCC. The van der Waals surface area contributed by atoms with Crippen molar-refractivity contribution in [1.82, 2.24) is 5.32 Å². The maximum Gasteiger partial charge on any atom is 0.407 e. The minimum Gasteiger partial charge on any atom is -0.465 e. The first kappa shape index (κ1) is 19.5. The van der Waals surface area contributed by atoms with Crippen LogP contribution in [0.1, 0.15) is 32.4 Å². The van der Waals surface area contributed by atoms with Crippen LogP contribution >= 0.6 is 0 Å². The second kappa shape index (κ2) is 10.3. The highest BCUT2D eigenvalue weighted by atomic mass is 16.6. The summed E-state index contributed by atoms with van der Waals surface area (Å²) in [5.74, 6) is -2.85. The van der Waals surface area contributed by atoms with Gasteiger partial charge in [0.2, 0.25) is 0 Å². The zero-order valence-electron chi connectivity index (χ0n) is 14.1. The predicted octanol–water partition coefficient (Wildman–Crippen LogP) is 2.22. The Morgan fingerprint density at radius 1 is 0.875 bits per heavy atom. The normalized spacial score (nSPS) is 11.5. The number of carbonyl (C=O) groups excluding carboxylic acids is 3. The second-order valence-corrected chi connectivity index (χ2v) is 4.73. The fourth-order valence-corrected chi connectivity index (χ4v) is 2.15. The zero-order chi connectivity index (χ0) is 17.9. The lowest BCUT2D eigenvalue weighted by Gasteiger charge is -2.25. The van der Waals surface area contributed by atoms with Gasteiger partial charge in [-0.1, -0.05) is 30.3 Å². The Morgan fingerprint density at radius 2 is 1.38 bits per heavy atom. The van der Waals surface area contributed by atoms with Gasteiger partial charge in [0.25, 0.3) is 0 Å². The largest absolute Gasteiger partial charge is 0.465 e. The Bertz CT molecular complexity index is 527. The minimum absolute atomic E-state index is 0.107. The fraction of sp³-hybridized carbons (Fsp3) is 0.471. The van der Waals surface area contributed by atoms with Crippen molar-refractivity contribution in [2.45, 2.75) is 26.8 Å². The third-order valence-corrected chi connectivity index (χ3v) is 3.12. The van der Waals surface area contributed by atoms with Gasteiger partial charge in [0.15, 0.2) is 5.92 Å². The number of nitrogens with one attached hydrogen (secondary N) is 1. The van der Waals surface area contributed by atoms with Crippen LogP contribution in [0.5, 0.6) is 0 Å². The molecule has 1 amide bonds. The molecule has 0 saturated carbocycles. The van der Waals surface area contributed by atoms with Crippen LogP contribution in [0.4, 0.5) is 4.79 Å². The van der Waals surface area contributed by atoms with Gasteiger partial charge in [-0.2, -0.15) is 0 Å². The third-order valence-electron chi connectivity index (χ3n) is 3.12. The van der Waals surface area contributed by atoms with Gasteiger partial charge in [-0.3, -0.25) is 9.59 Å². The lowest BCUT2D eigenvalue weighted by Crippen LogP contribution is -2.42. The summed E-state index contributed by atoms with van der Waals surface area (Å²) in [5.41, 5.74) is 0.566. The molecule has 1 atom stereocenters. The first-order chi connectivity index (χ1) is 11.5. The minimum atomic E-state index is -1.32. The van der Waals surface area contributed by atoms with Gasteiger partial charge in [-0.25, -0.2) is 4.79 Å². The molecule has 0 saturated heterocycles. The van der Waals surface area contributed by atoms with E-state index in [4.69, 9.17) is 14.2 Å². The van der Waals surface area contributed by atoms with Crippen LogP contribution in [-0.4, -0.2) is 37.9 Å². The molecule has 0 aliphatic carbocycles. The van der Waals surface area contributed by atoms with Crippen molar-refractivity contribution in [2.24, 2.45) is 5.92 Å². The standard InChI is InChI=1S/C17H23NO6/c1-4-22-15(19)13(16(20)23-5-2)14(18-17(21)24-6-3)12-10-8-7-9-11-12/h7-11,13-14H,4-6H2,1-3H3,(H,18,21). The summed E-state index contributed by atoms with van der Waals surface area (Å²) < 4.78 is 14.8. The second-order valence-electron chi connectivity index (χ2n) is 4.73. The summed E-state index contributed by atoms with van der Waals surface area (Å²) in [7, 11) is 0. The van der Waals surface area contributed by atoms with E-state index in [1.54, 1.807) is 51.1 Å². The van der Waals surface area contributed by atoms with E-state index in [0.717, 1.165) is 0 Å². The van der Waals surface area contributed by atoms with Crippen molar-refractivity contribution >= 4 is 18.0 Å². The van der Waals surface area contributed by atoms with E-state index in [1.807, 2.05) is 0 Å². The maximum atomic E-state index is 12.3. The molecule has 1 rings (SSSR count). The van der Waals surface area contributed by atoms with Crippen LogP contribution in [0, 0.1) is 5.92 Å². The van der Waals surface area contributed by atoms with Crippen molar-refractivity contribution in [3.8, 4) is 0 Å². The molecule has 1 N–H and O–H groups in total. The summed E-state index contributed by atoms with van der Waals surface area (Å²) in [6, 6.07) is 7.70. The fourth-order valence-electron chi connectivity index (χ4n) is 2.15. The summed E-state index contributed by atoms with van der Waals surface area (Å²) in [5, 5.41) is 2.55. The average Bonchev–Trinajstić information content (AvgIpc) is 2.56. The highest BCUT2D eigenvalue weighted by Crippen LogP contribution is 2.25. The molecule has 0 aromatic heterocycles. The van der Waals surface area contributed by atoms with Gasteiger partial charge < -0.3 is 19.5 Å². The molecule has 132 valence electrons. The van der Waals surface area contributed by atoms with Crippen molar-refractivity contribution in [2.75, 3.05) is 19.8 Å². The Kier molecular flexibility index (Phi) is 8.32.